The monoisotopic (exact) mass is 385 g/mol. The first kappa shape index (κ1) is 23.2. The second-order valence-corrected chi connectivity index (χ2v) is 5.36. The number of rotatable bonds is 7. The van der Waals surface area contributed by atoms with Gasteiger partial charge in [0.2, 0.25) is 0 Å². The molecule has 1 aromatic heterocycles. The van der Waals surface area contributed by atoms with Gasteiger partial charge in [0.25, 0.3) is 5.91 Å². The summed E-state index contributed by atoms with van der Waals surface area (Å²) in [5.41, 5.74) is 2.45. The molecular weight excluding hydrogens is 361 g/mol. The summed E-state index contributed by atoms with van der Waals surface area (Å²) in [6.07, 6.45) is 3.33. The van der Waals surface area contributed by atoms with Crippen LogP contribution in [0.2, 0.25) is 0 Å². The Bertz CT molecular complexity index is 651. The molecular formula is C18H25Cl2N3O2. The van der Waals surface area contributed by atoms with E-state index in [1.165, 1.54) is 0 Å². The molecule has 0 spiro atoms. The van der Waals surface area contributed by atoms with Crippen LogP contribution in [-0.4, -0.2) is 37.1 Å². The summed E-state index contributed by atoms with van der Waals surface area (Å²) in [7, 11) is 1.63. The van der Waals surface area contributed by atoms with Crippen LogP contribution >= 0.6 is 24.8 Å². The van der Waals surface area contributed by atoms with Crippen LogP contribution in [0.4, 0.5) is 0 Å². The highest BCUT2D eigenvalue weighted by Gasteiger charge is 2.09. The number of pyridine rings is 1. The predicted octanol–water partition coefficient (Wildman–Crippen LogP) is 3.33. The van der Waals surface area contributed by atoms with Gasteiger partial charge in [0, 0.05) is 30.5 Å². The molecule has 0 saturated carbocycles. The van der Waals surface area contributed by atoms with Crippen LogP contribution in [0.3, 0.4) is 0 Å². The second kappa shape index (κ2) is 11.7. The molecule has 25 heavy (non-hydrogen) atoms. The first-order valence-corrected chi connectivity index (χ1v) is 7.75. The van der Waals surface area contributed by atoms with Crippen LogP contribution in [0.25, 0.3) is 11.1 Å². The quantitative estimate of drug-likeness (QED) is 0.766. The van der Waals surface area contributed by atoms with Gasteiger partial charge in [0.15, 0.2) is 0 Å². The Morgan fingerprint density at radius 2 is 1.84 bits per heavy atom. The molecule has 0 aliphatic carbocycles. The number of halogens is 2. The van der Waals surface area contributed by atoms with E-state index in [4.69, 9.17) is 4.74 Å². The molecule has 1 aromatic carbocycles. The number of benzene rings is 1. The maximum absolute atomic E-state index is 12.2. The van der Waals surface area contributed by atoms with Crippen molar-refractivity contribution in [1.29, 1.82) is 0 Å². The number of methoxy groups -OCH3 is 1. The van der Waals surface area contributed by atoms with Crippen molar-refractivity contribution in [3.05, 3.63) is 48.3 Å². The molecule has 5 nitrogen and oxygen atoms in total. The minimum atomic E-state index is -0.113. The van der Waals surface area contributed by atoms with E-state index in [1.807, 2.05) is 44.2 Å². The number of carbonyl (C=O) groups excluding carboxylic acids is 1. The predicted molar refractivity (Wildman–Crippen MR) is 106 cm³/mol. The highest BCUT2D eigenvalue weighted by molar-refractivity contribution is 5.95. The number of ether oxygens (including phenoxy) is 1. The normalized spacial score (nSPS) is 10.8. The van der Waals surface area contributed by atoms with E-state index in [9.17, 15) is 4.79 Å². The number of aromatic nitrogens is 1. The summed E-state index contributed by atoms with van der Waals surface area (Å²) in [6, 6.07) is 9.76. The van der Waals surface area contributed by atoms with E-state index in [0.717, 1.165) is 23.4 Å². The molecule has 0 aliphatic heterocycles. The number of nitrogens with one attached hydrogen (secondary N) is 2. The van der Waals surface area contributed by atoms with Crippen molar-refractivity contribution in [2.75, 3.05) is 20.2 Å². The van der Waals surface area contributed by atoms with Gasteiger partial charge in [-0.05, 0) is 37.2 Å². The average molecular weight is 386 g/mol. The van der Waals surface area contributed by atoms with Gasteiger partial charge in [-0.25, -0.2) is 0 Å². The maximum Gasteiger partial charge on any atom is 0.252 e. The molecule has 7 heteroatoms. The Morgan fingerprint density at radius 3 is 2.44 bits per heavy atom. The van der Waals surface area contributed by atoms with Gasteiger partial charge in [-0.15, -0.1) is 24.8 Å². The smallest absolute Gasteiger partial charge is 0.252 e. The van der Waals surface area contributed by atoms with Crippen LogP contribution in [0.15, 0.2) is 42.7 Å². The van der Waals surface area contributed by atoms with Crippen LogP contribution in [0.5, 0.6) is 5.75 Å². The van der Waals surface area contributed by atoms with Gasteiger partial charge in [0.05, 0.1) is 12.7 Å². The van der Waals surface area contributed by atoms with Gasteiger partial charge in [-0.3, -0.25) is 9.78 Å². The molecule has 0 radical (unpaired) electrons. The lowest BCUT2D eigenvalue weighted by Crippen LogP contribution is -2.38. The standard InChI is InChI=1S/C18H23N3O2.2ClH/c1-4-20-13(2)10-21-18(22)16-9-15(11-19-12-16)14-5-7-17(23-3)8-6-14;;/h5-9,11-13,20H,4,10H2,1-3H3,(H,21,22);2*1H/t13-;;/m1../s1. The van der Waals surface area contributed by atoms with Crippen molar-refractivity contribution < 1.29 is 9.53 Å². The fourth-order valence-electron chi connectivity index (χ4n) is 2.27. The molecule has 138 valence electrons. The van der Waals surface area contributed by atoms with Crippen molar-refractivity contribution in [3.8, 4) is 16.9 Å². The van der Waals surface area contributed by atoms with Crippen LogP contribution in [0, 0.1) is 0 Å². The van der Waals surface area contributed by atoms with Crippen molar-refractivity contribution in [3.63, 3.8) is 0 Å². The van der Waals surface area contributed by atoms with Gasteiger partial charge < -0.3 is 15.4 Å². The molecule has 0 unspecified atom stereocenters. The third-order valence-electron chi connectivity index (χ3n) is 3.55. The van der Waals surface area contributed by atoms with Gasteiger partial charge >= 0.3 is 0 Å². The number of hydrogen-bond acceptors (Lipinski definition) is 4. The Morgan fingerprint density at radius 1 is 1.16 bits per heavy atom. The largest absolute Gasteiger partial charge is 0.497 e. The van der Waals surface area contributed by atoms with Crippen LogP contribution in [0.1, 0.15) is 24.2 Å². The topological polar surface area (TPSA) is 63.2 Å². The average Bonchev–Trinajstić information content (AvgIpc) is 2.60. The van der Waals surface area contributed by atoms with Gasteiger partial charge in [-0.1, -0.05) is 19.1 Å². The second-order valence-electron chi connectivity index (χ2n) is 5.36. The fourth-order valence-corrected chi connectivity index (χ4v) is 2.27. The summed E-state index contributed by atoms with van der Waals surface area (Å²) in [5, 5.41) is 6.18. The maximum atomic E-state index is 12.2. The summed E-state index contributed by atoms with van der Waals surface area (Å²) in [6.45, 7) is 5.54. The van der Waals surface area contributed by atoms with Crippen LogP contribution in [-0.2, 0) is 0 Å². The van der Waals surface area contributed by atoms with Gasteiger partial charge in [-0.2, -0.15) is 0 Å². The zero-order chi connectivity index (χ0) is 16.7. The van der Waals surface area contributed by atoms with E-state index in [1.54, 1.807) is 19.5 Å². The summed E-state index contributed by atoms with van der Waals surface area (Å²) in [5.74, 6) is 0.686. The zero-order valence-electron chi connectivity index (χ0n) is 14.6. The first-order valence-electron chi connectivity index (χ1n) is 7.75. The van der Waals surface area contributed by atoms with Gasteiger partial charge in [0.1, 0.15) is 5.75 Å². The highest BCUT2D eigenvalue weighted by Crippen LogP contribution is 2.22. The number of hydrogen-bond donors (Lipinski definition) is 2. The van der Waals surface area contributed by atoms with E-state index < -0.39 is 0 Å². The Balaban J connectivity index is 0.00000288. The van der Waals surface area contributed by atoms with E-state index >= 15 is 0 Å². The molecule has 2 N–H and O–H groups in total. The lowest BCUT2D eigenvalue weighted by molar-refractivity contribution is 0.0950. The van der Waals surface area contributed by atoms with Crippen molar-refractivity contribution in [1.82, 2.24) is 15.6 Å². The van der Waals surface area contributed by atoms with E-state index in [2.05, 4.69) is 15.6 Å². The number of likely N-dealkylation sites (N-methyl/N-ethyl adjacent to an activating group) is 1. The van der Waals surface area contributed by atoms with Crippen molar-refractivity contribution in [2.24, 2.45) is 0 Å². The molecule has 1 atom stereocenters. The fraction of sp³-hybridized carbons (Fsp3) is 0.333. The molecule has 2 aromatic rings. The first-order chi connectivity index (χ1) is 11.1. The molecule has 0 saturated heterocycles. The number of amides is 1. The Kier molecular flexibility index (Phi) is 10.8. The number of carbonyl (C=O) groups is 1. The summed E-state index contributed by atoms with van der Waals surface area (Å²) in [4.78, 5) is 16.4. The molecule has 2 rings (SSSR count). The third-order valence-corrected chi connectivity index (χ3v) is 3.55. The van der Waals surface area contributed by atoms with Crippen molar-refractivity contribution >= 4 is 30.7 Å². The molecule has 0 bridgehead atoms. The summed E-state index contributed by atoms with van der Waals surface area (Å²) >= 11 is 0. The number of nitrogens with zero attached hydrogens (tertiary/aromatic N) is 1. The molecule has 0 fully saturated rings. The minimum Gasteiger partial charge on any atom is -0.497 e. The Labute approximate surface area is 161 Å². The molecule has 1 heterocycles. The lowest BCUT2D eigenvalue weighted by atomic mass is 10.1. The SMILES string of the molecule is CCN[C@H](C)CNC(=O)c1cncc(-c2ccc(OC)cc2)c1.Cl.Cl. The highest BCUT2D eigenvalue weighted by atomic mass is 35.5. The van der Waals surface area contributed by atoms with Crippen LogP contribution < -0.4 is 15.4 Å². The van der Waals surface area contributed by atoms with Crippen molar-refractivity contribution in [2.45, 2.75) is 19.9 Å². The summed E-state index contributed by atoms with van der Waals surface area (Å²) < 4.78 is 5.16. The minimum absolute atomic E-state index is 0. The Hall–Kier alpha value is -1.82. The third kappa shape index (κ3) is 6.90. The van der Waals surface area contributed by atoms with E-state index in [0.29, 0.717) is 12.1 Å². The van der Waals surface area contributed by atoms with E-state index in [-0.39, 0.29) is 36.8 Å². The lowest BCUT2D eigenvalue weighted by Gasteiger charge is -2.13. The molecule has 0 aliphatic rings. The molecule has 1 amide bonds. The zero-order valence-corrected chi connectivity index (χ0v) is 16.2.